The predicted octanol–water partition coefficient (Wildman–Crippen LogP) is 3.81. The summed E-state index contributed by atoms with van der Waals surface area (Å²) in [4.78, 5) is 44.8. The summed E-state index contributed by atoms with van der Waals surface area (Å²) in [6.07, 6.45) is 3.80. The number of carbonyl (C=O) groups is 3. The van der Waals surface area contributed by atoms with Crippen LogP contribution in [-0.4, -0.2) is 35.3 Å². The van der Waals surface area contributed by atoms with Gasteiger partial charge in [-0.05, 0) is 47.5 Å². The molecule has 0 N–H and O–H groups in total. The molecule has 0 spiro atoms. The van der Waals surface area contributed by atoms with Crippen LogP contribution < -0.4 is 14.4 Å². The van der Waals surface area contributed by atoms with Crippen LogP contribution in [0.15, 0.2) is 79.0 Å². The average molecular weight is 464 g/mol. The highest BCUT2D eigenvalue weighted by atomic mass is 16.7. The Morgan fingerprint density at radius 1 is 0.829 bits per heavy atom. The van der Waals surface area contributed by atoms with Crippen LogP contribution in [0.3, 0.4) is 0 Å². The summed E-state index contributed by atoms with van der Waals surface area (Å²) in [7, 11) is 0. The van der Waals surface area contributed by atoms with E-state index in [1.807, 2.05) is 47.5 Å². The molecule has 7 rings (SSSR count). The molecule has 3 aromatic carbocycles. The number of nitrogens with zero attached hydrogens (tertiary/aromatic N) is 2. The van der Waals surface area contributed by atoms with E-state index >= 15 is 0 Å². The second-order valence-corrected chi connectivity index (χ2v) is 9.11. The Labute approximate surface area is 201 Å². The smallest absolute Gasteiger partial charge is 0.240 e. The van der Waals surface area contributed by atoms with E-state index in [-0.39, 0.29) is 24.4 Å². The van der Waals surface area contributed by atoms with Crippen LogP contribution >= 0.6 is 0 Å². The molecule has 172 valence electrons. The largest absolute Gasteiger partial charge is 0.454 e. The third kappa shape index (κ3) is 2.75. The lowest BCUT2D eigenvalue weighted by atomic mass is 9.83. The Morgan fingerprint density at radius 2 is 1.57 bits per heavy atom. The molecule has 0 bridgehead atoms. The topological polar surface area (TPSA) is 76.1 Å². The third-order valence-electron chi connectivity index (χ3n) is 7.40. The molecular formula is C28H20N2O5. The minimum absolute atomic E-state index is 0.105. The summed E-state index contributed by atoms with van der Waals surface area (Å²) in [5.41, 5.74) is 2.88. The lowest BCUT2D eigenvalue weighted by molar-refractivity contribution is -0.123. The second-order valence-electron chi connectivity index (χ2n) is 9.11. The summed E-state index contributed by atoms with van der Waals surface area (Å²) >= 11 is 0. The monoisotopic (exact) mass is 464 g/mol. The van der Waals surface area contributed by atoms with Gasteiger partial charge in [0.1, 0.15) is 6.04 Å². The van der Waals surface area contributed by atoms with Gasteiger partial charge in [-0.2, -0.15) is 0 Å². The molecule has 2 saturated heterocycles. The highest BCUT2D eigenvalue weighted by molar-refractivity contribution is 6.24. The average Bonchev–Trinajstić information content (AvgIpc) is 3.57. The van der Waals surface area contributed by atoms with Gasteiger partial charge in [-0.1, -0.05) is 42.5 Å². The standard InChI is InChI=1S/C28H20N2O5/c31-26(17-10-11-20-21(14-17)35-15-34-20)25-23-22(24-19-9-5-4-6-16(19)12-13-29(24)25)27(32)30(28(23)33)18-7-2-1-3-8-18/h1-14,22-25H,15H2/t22-,23+,24-,25-/m0/s1. The normalized spacial score (nSPS) is 25.5. The van der Waals surface area contributed by atoms with Crippen molar-refractivity contribution in [1.29, 1.82) is 0 Å². The number of hydrogen-bond donors (Lipinski definition) is 0. The number of imide groups is 1. The molecule has 2 amide bonds. The number of carbonyl (C=O) groups excluding carboxylic acids is 3. The van der Waals surface area contributed by atoms with Crippen LogP contribution in [-0.2, 0) is 9.59 Å². The predicted molar refractivity (Wildman–Crippen MR) is 127 cm³/mol. The molecule has 0 aliphatic carbocycles. The van der Waals surface area contributed by atoms with Crippen molar-refractivity contribution in [3.63, 3.8) is 0 Å². The maximum atomic E-state index is 14.0. The quantitative estimate of drug-likeness (QED) is 0.433. The molecule has 0 unspecified atom stereocenters. The second kappa shape index (κ2) is 7.30. The molecule has 35 heavy (non-hydrogen) atoms. The van der Waals surface area contributed by atoms with Crippen LogP contribution in [0.1, 0.15) is 27.5 Å². The molecule has 4 aliphatic heterocycles. The van der Waals surface area contributed by atoms with Gasteiger partial charge in [0.2, 0.25) is 18.6 Å². The first-order chi connectivity index (χ1) is 17.1. The number of anilines is 1. The molecule has 0 aromatic heterocycles. The van der Waals surface area contributed by atoms with E-state index in [4.69, 9.17) is 9.47 Å². The summed E-state index contributed by atoms with van der Waals surface area (Å²) in [6.45, 7) is 0.105. The first kappa shape index (κ1) is 20.0. The molecule has 2 fully saturated rings. The van der Waals surface area contributed by atoms with Gasteiger partial charge >= 0.3 is 0 Å². The minimum Gasteiger partial charge on any atom is -0.454 e. The fourth-order valence-corrected chi connectivity index (χ4v) is 5.91. The maximum Gasteiger partial charge on any atom is 0.240 e. The Kier molecular flexibility index (Phi) is 4.18. The number of Topliss-reactive ketones (excluding diaryl/α,β-unsaturated/α-hetero) is 1. The number of hydrogen-bond acceptors (Lipinski definition) is 6. The molecular weight excluding hydrogens is 444 g/mol. The zero-order valence-corrected chi connectivity index (χ0v) is 18.5. The van der Waals surface area contributed by atoms with Crippen molar-refractivity contribution in [2.45, 2.75) is 12.1 Å². The van der Waals surface area contributed by atoms with Crippen molar-refractivity contribution in [2.75, 3.05) is 11.7 Å². The van der Waals surface area contributed by atoms with Crippen molar-refractivity contribution < 1.29 is 23.9 Å². The molecule has 7 nitrogen and oxygen atoms in total. The zero-order valence-electron chi connectivity index (χ0n) is 18.5. The molecule has 7 heteroatoms. The number of benzene rings is 3. The molecule has 0 saturated carbocycles. The van der Waals surface area contributed by atoms with Crippen molar-refractivity contribution in [3.05, 3.63) is 95.7 Å². The van der Waals surface area contributed by atoms with Gasteiger partial charge in [0.15, 0.2) is 17.3 Å². The Bertz CT molecular complexity index is 1430. The van der Waals surface area contributed by atoms with Gasteiger partial charge in [0.25, 0.3) is 0 Å². The van der Waals surface area contributed by atoms with E-state index < -0.39 is 23.9 Å². The first-order valence-corrected chi connectivity index (χ1v) is 11.5. The van der Waals surface area contributed by atoms with Gasteiger partial charge in [0.05, 0.1) is 23.6 Å². The van der Waals surface area contributed by atoms with E-state index in [0.29, 0.717) is 22.7 Å². The van der Waals surface area contributed by atoms with Gasteiger partial charge in [-0.15, -0.1) is 0 Å². The van der Waals surface area contributed by atoms with Crippen molar-refractivity contribution in [3.8, 4) is 11.5 Å². The number of ketones is 1. The summed E-state index contributed by atoms with van der Waals surface area (Å²) in [5.74, 6) is -1.23. The first-order valence-electron chi connectivity index (χ1n) is 11.5. The number of amides is 2. The Hall–Kier alpha value is -4.39. The summed E-state index contributed by atoms with van der Waals surface area (Å²) < 4.78 is 10.9. The maximum absolute atomic E-state index is 14.0. The third-order valence-corrected chi connectivity index (χ3v) is 7.40. The van der Waals surface area contributed by atoms with E-state index in [0.717, 1.165) is 11.1 Å². The van der Waals surface area contributed by atoms with Crippen molar-refractivity contribution >= 4 is 29.4 Å². The SMILES string of the molecule is O=C(c1ccc2c(c1)OCO2)[C@@H]1[C@@H]2C(=O)N(c3ccccc3)C(=O)[C@@H]2[C@@H]2c3ccccc3C=CN12. The van der Waals surface area contributed by atoms with E-state index in [1.165, 1.54) is 4.90 Å². The van der Waals surface area contributed by atoms with E-state index in [9.17, 15) is 14.4 Å². The molecule has 4 atom stereocenters. The van der Waals surface area contributed by atoms with Gasteiger partial charge in [0, 0.05) is 11.8 Å². The van der Waals surface area contributed by atoms with Crippen LogP contribution in [0.2, 0.25) is 0 Å². The molecule has 4 heterocycles. The number of fused-ring (bicyclic) bond motifs is 6. The van der Waals surface area contributed by atoms with Gasteiger partial charge in [-0.3, -0.25) is 14.4 Å². The van der Waals surface area contributed by atoms with Crippen molar-refractivity contribution in [2.24, 2.45) is 11.8 Å². The fourth-order valence-electron chi connectivity index (χ4n) is 5.91. The van der Waals surface area contributed by atoms with E-state index in [2.05, 4.69) is 0 Å². The fraction of sp³-hybridized carbons (Fsp3) is 0.179. The van der Waals surface area contributed by atoms with Gasteiger partial charge in [-0.25, -0.2) is 4.90 Å². The van der Waals surface area contributed by atoms with Crippen LogP contribution in [0.5, 0.6) is 11.5 Å². The van der Waals surface area contributed by atoms with Crippen LogP contribution in [0, 0.1) is 11.8 Å². The summed E-state index contributed by atoms with van der Waals surface area (Å²) in [6, 6.07) is 20.6. The summed E-state index contributed by atoms with van der Waals surface area (Å²) in [5, 5.41) is 0. The lowest BCUT2D eigenvalue weighted by Crippen LogP contribution is -2.44. The van der Waals surface area contributed by atoms with Crippen molar-refractivity contribution in [1.82, 2.24) is 4.90 Å². The molecule has 4 aliphatic rings. The minimum atomic E-state index is -0.819. The van der Waals surface area contributed by atoms with Crippen LogP contribution in [0.25, 0.3) is 6.08 Å². The number of para-hydroxylation sites is 1. The molecule has 0 radical (unpaired) electrons. The molecule has 3 aromatic rings. The Balaban J connectivity index is 1.37. The van der Waals surface area contributed by atoms with E-state index in [1.54, 1.807) is 42.5 Å². The highest BCUT2D eigenvalue weighted by Crippen LogP contribution is 2.53. The highest BCUT2D eigenvalue weighted by Gasteiger charge is 2.64. The Morgan fingerprint density at radius 3 is 2.43 bits per heavy atom. The number of rotatable bonds is 3. The van der Waals surface area contributed by atoms with Crippen LogP contribution in [0.4, 0.5) is 5.69 Å². The number of ether oxygens (including phenoxy) is 2. The zero-order chi connectivity index (χ0) is 23.7. The lowest BCUT2D eigenvalue weighted by Gasteiger charge is -2.35. The van der Waals surface area contributed by atoms with Gasteiger partial charge < -0.3 is 14.4 Å².